The van der Waals surface area contributed by atoms with Gasteiger partial charge in [0, 0.05) is 19.2 Å². The van der Waals surface area contributed by atoms with E-state index in [1.807, 2.05) is 13.8 Å². The van der Waals surface area contributed by atoms with Gasteiger partial charge in [-0.15, -0.1) is 0 Å². The lowest BCUT2D eigenvalue weighted by molar-refractivity contribution is -0.126. The van der Waals surface area contributed by atoms with E-state index in [9.17, 15) is 9.59 Å². The molecule has 0 fully saturated rings. The van der Waals surface area contributed by atoms with Crippen molar-refractivity contribution in [2.45, 2.75) is 26.9 Å². The zero-order valence-corrected chi connectivity index (χ0v) is 10.4. The Morgan fingerprint density at radius 2 is 1.89 bits per heavy atom. The van der Waals surface area contributed by atoms with E-state index in [4.69, 9.17) is 5.11 Å². The van der Waals surface area contributed by atoms with Gasteiger partial charge in [0.2, 0.25) is 5.91 Å². The molecule has 0 radical (unpaired) electrons. The van der Waals surface area contributed by atoms with Gasteiger partial charge in [0.15, 0.2) is 0 Å². The molecule has 0 aromatic heterocycles. The Morgan fingerprint density at radius 3 is 2.50 bits per heavy atom. The van der Waals surface area contributed by atoms with Gasteiger partial charge in [-0.25, -0.2) is 4.79 Å². The van der Waals surface area contributed by atoms with Gasteiger partial charge in [-0.3, -0.25) is 4.79 Å². The number of hydrogen-bond donors (Lipinski definition) is 1. The largest absolute Gasteiger partial charge is 0.478 e. The van der Waals surface area contributed by atoms with Crippen LogP contribution in [0.2, 0.25) is 0 Å². The number of allylic oxidation sites excluding steroid dienone is 1. The highest BCUT2D eigenvalue weighted by Gasteiger charge is 2.22. The van der Waals surface area contributed by atoms with Gasteiger partial charge in [0.05, 0.1) is 5.56 Å². The summed E-state index contributed by atoms with van der Waals surface area (Å²) in [5, 5.41) is 8.92. The fraction of sp³-hybridized carbons (Fsp3) is 0.286. The van der Waals surface area contributed by atoms with Crippen LogP contribution in [0.3, 0.4) is 0 Å². The van der Waals surface area contributed by atoms with Crippen LogP contribution in [0.4, 0.5) is 0 Å². The SMILES string of the molecule is CC(C)=CC(=O)N1Cc2ccc(C(=O)O)cc2C1. The van der Waals surface area contributed by atoms with Crippen LogP contribution >= 0.6 is 0 Å². The Bertz CT molecular complexity index is 542. The number of carboxylic acid groups (broad SMARTS) is 1. The van der Waals surface area contributed by atoms with Crippen molar-refractivity contribution in [2.24, 2.45) is 0 Å². The van der Waals surface area contributed by atoms with Crippen LogP contribution in [0, 0.1) is 0 Å². The number of fused-ring (bicyclic) bond motifs is 1. The Hall–Kier alpha value is -2.10. The first-order valence-electron chi connectivity index (χ1n) is 5.76. The molecule has 1 N–H and O–H groups in total. The van der Waals surface area contributed by atoms with Crippen molar-refractivity contribution < 1.29 is 14.7 Å². The third-order valence-corrected chi connectivity index (χ3v) is 2.90. The minimum absolute atomic E-state index is 0.0249. The first-order valence-corrected chi connectivity index (χ1v) is 5.76. The molecule has 0 saturated heterocycles. The number of amides is 1. The average molecular weight is 245 g/mol. The Balaban J connectivity index is 2.20. The molecule has 2 rings (SSSR count). The predicted octanol–water partition coefficient (Wildman–Crippen LogP) is 2.19. The molecule has 0 saturated carbocycles. The third-order valence-electron chi connectivity index (χ3n) is 2.90. The summed E-state index contributed by atoms with van der Waals surface area (Å²) < 4.78 is 0. The zero-order chi connectivity index (χ0) is 13.3. The smallest absolute Gasteiger partial charge is 0.335 e. The van der Waals surface area contributed by atoms with Crippen molar-refractivity contribution in [1.29, 1.82) is 0 Å². The molecule has 4 heteroatoms. The maximum atomic E-state index is 11.9. The van der Waals surface area contributed by atoms with E-state index in [1.54, 1.807) is 29.2 Å². The number of aromatic carboxylic acids is 1. The highest BCUT2D eigenvalue weighted by molar-refractivity contribution is 5.90. The van der Waals surface area contributed by atoms with Crippen molar-refractivity contribution in [3.8, 4) is 0 Å². The number of nitrogens with zero attached hydrogens (tertiary/aromatic N) is 1. The van der Waals surface area contributed by atoms with E-state index in [-0.39, 0.29) is 11.5 Å². The van der Waals surface area contributed by atoms with Crippen molar-refractivity contribution in [1.82, 2.24) is 4.90 Å². The second kappa shape index (κ2) is 4.64. The monoisotopic (exact) mass is 245 g/mol. The van der Waals surface area contributed by atoms with Crippen LogP contribution in [0.15, 0.2) is 29.8 Å². The minimum atomic E-state index is -0.938. The number of carboxylic acids is 1. The minimum Gasteiger partial charge on any atom is -0.478 e. The number of carbonyl (C=O) groups is 2. The van der Waals surface area contributed by atoms with Gasteiger partial charge in [-0.05, 0) is 37.1 Å². The molecule has 0 atom stereocenters. The quantitative estimate of drug-likeness (QED) is 0.812. The summed E-state index contributed by atoms with van der Waals surface area (Å²) in [6.07, 6.45) is 1.60. The summed E-state index contributed by atoms with van der Waals surface area (Å²) in [7, 11) is 0. The van der Waals surface area contributed by atoms with E-state index in [1.165, 1.54) is 0 Å². The van der Waals surface area contributed by atoms with E-state index in [0.29, 0.717) is 13.1 Å². The molecule has 0 bridgehead atoms. The van der Waals surface area contributed by atoms with Crippen LogP contribution in [0.1, 0.15) is 35.3 Å². The second-order valence-corrected chi connectivity index (χ2v) is 4.70. The fourth-order valence-electron chi connectivity index (χ4n) is 2.02. The van der Waals surface area contributed by atoms with E-state index in [0.717, 1.165) is 16.7 Å². The van der Waals surface area contributed by atoms with Gasteiger partial charge >= 0.3 is 5.97 Å². The molecule has 4 nitrogen and oxygen atoms in total. The molecule has 94 valence electrons. The summed E-state index contributed by atoms with van der Waals surface area (Å²) in [4.78, 5) is 24.5. The molecule has 0 unspecified atom stereocenters. The molecule has 1 heterocycles. The van der Waals surface area contributed by atoms with Crippen LogP contribution in [-0.2, 0) is 17.9 Å². The predicted molar refractivity (Wildman–Crippen MR) is 67.1 cm³/mol. The molecule has 1 aromatic rings. The van der Waals surface area contributed by atoms with Gasteiger partial charge in [-0.1, -0.05) is 11.6 Å². The van der Waals surface area contributed by atoms with E-state index >= 15 is 0 Å². The second-order valence-electron chi connectivity index (χ2n) is 4.70. The van der Waals surface area contributed by atoms with Gasteiger partial charge in [0.1, 0.15) is 0 Å². The maximum Gasteiger partial charge on any atom is 0.335 e. The van der Waals surface area contributed by atoms with Crippen LogP contribution in [0.5, 0.6) is 0 Å². The maximum absolute atomic E-state index is 11.9. The van der Waals surface area contributed by atoms with Gasteiger partial charge in [-0.2, -0.15) is 0 Å². The number of hydrogen-bond acceptors (Lipinski definition) is 2. The topological polar surface area (TPSA) is 57.6 Å². The van der Waals surface area contributed by atoms with E-state index in [2.05, 4.69) is 0 Å². The normalized spacial score (nSPS) is 13.1. The zero-order valence-electron chi connectivity index (χ0n) is 10.4. The lowest BCUT2D eigenvalue weighted by Crippen LogP contribution is -2.23. The molecular weight excluding hydrogens is 230 g/mol. The van der Waals surface area contributed by atoms with Crippen molar-refractivity contribution >= 4 is 11.9 Å². The lowest BCUT2D eigenvalue weighted by Gasteiger charge is -2.12. The highest BCUT2D eigenvalue weighted by Crippen LogP contribution is 2.24. The molecule has 1 aliphatic rings. The molecule has 1 aromatic carbocycles. The molecular formula is C14H15NO3. The lowest BCUT2D eigenvalue weighted by atomic mass is 10.1. The Morgan fingerprint density at radius 1 is 1.22 bits per heavy atom. The number of rotatable bonds is 2. The molecule has 1 amide bonds. The summed E-state index contributed by atoms with van der Waals surface area (Å²) in [6.45, 7) is 4.80. The van der Waals surface area contributed by atoms with Crippen LogP contribution in [-0.4, -0.2) is 21.9 Å². The highest BCUT2D eigenvalue weighted by atomic mass is 16.4. The standard InChI is InChI=1S/C14H15NO3/c1-9(2)5-13(16)15-7-11-4-3-10(14(17)18)6-12(11)8-15/h3-6H,7-8H2,1-2H3,(H,17,18). The molecule has 18 heavy (non-hydrogen) atoms. The van der Waals surface area contributed by atoms with Crippen molar-refractivity contribution in [3.05, 3.63) is 46.5 Å². The number of benzene rings is 1. The molecule has 0 aliphatic carbocycles. The first-order chi connectivity index (χ1) is 8.47. The molecule has 1 aliphatic heterocycles. The average Bonchev–Trinajstić information content (AvgIpc) is 2.70. The van der Waals surface area contributed by atoms with Crippen molar-refractivity contribution in [3.63, 3.8) is 0 Å². The molecule has 0 spiro atoms. The summed E-state index contributed by atoms with van der Waals surface area (Å²) in [5.74, 6) is -0.963. The third kappa shape index (κ3) is 2.42. The number of carbonyl (C=O) groups excluding carboxylic acids is 1. The van der Waals surface area contributed by atoms with Crippen LogP contribution < -0.4 is 0 Å². The van der Waals surface area contributed by atoms with Crippen LogP contribution in [0.25, 0.3) is 0 Å². The van der Waals surface area contributed by atoms with Crippen molar-refractivity contribution in [2.75, 3.05) is 0 Å². The fourth-order valence-corrected chi connectivity index (χ4v) is 2.02. The summed E-state index contributed by atoms with van der Waals surface area (Å²) >= 11 is 0. The summed E-state index contributed by atoms with van der Waals surface area (Å²) in [6, 6.07) is 5.01. The van der Waals surface area contributed by atoms with E-state index < -0.39 is 5.97 Å². The Kier molecular flexibility index (Phi) is 3.19. The van der Waals surface area contributed by atoms with Gasteiger partial charge < -0.3 is 10.0 Å². The first kappa shape index (κ1) is 12.4. The summed E-state index contributed by atoms with van der Waals surface area (Å²) in [5.41, 5.74) is 3.17. The Labute approximate surface area is 106 Å². The van der Waals surface area contributed by atoms with Gasteiger partial charge in [0.25, 0.3) is 0 Å².